The molecule has 0 saturated heterocycles. The molecule has 0 heterocycles. The quantitative estimate of drug-likeness (QED) is 0.680. The number of benzene rings is 1. The van der Waals surface area contributed by atoms with Crippen LogP contribution in [0.1, 0.15) is 0 Å². The van der Waals surface area contributed by atoms with Crippen LogP contribution in [-0.4, -0.2) is 31.0 Å². The maximum absolute atomic E-state index is 10.5. The Kier molecular flexibility index (Phi) is 2.74. The number of hydrogen-bond acceptors (Lipinski definition) is 7. The number of hydrogen-bond donors (Lipinski definition) is 1. The highest BCUT2D eigenvalue weighted by Gasteiger charge is 2.11. The molecular formula is C6H4O7S2-2. The normalized spacial score (nSPS) is 12.7. The SMILES string of the molecule is O=S(=O)([O-])c1ccc(O)c(S(=O)(=O)[O-])c1. The Bertz CT molecular complexity index is 584. The molecule has 0 fully saturated rings. The highest BCUT2D eigenvalue weighted by molar-refractivity contribution is 7.86. The van der Waals surface area contributed by atoms with E-state index in [-0.39, 0.29) is 0 Å². The fourth-order valence-corrected chi connectivity index (χ4v) is 2.02. The molecule has 9 heteroatoms. The lowest BCUT2D eigenvalue weighted by Crippen LogP contribution is -2.03. The summed E-state index contributed by atoms with van der Waals surface area (Å²) in [6.07, 6.45) is 0. The van der Waals surface area contributed by atoms with Crippen molar-refractivity contribution in [3.8, 4) is 5.75 Å². The Morgan fingerprint density at radius 1 is 1.00 bits per heavy atom. The van der Waals surface area contributed by atoms with Crippen molar-refractivity contribution in [1.29, 1.82) is 0 Å². The van der Waals surface area contributed by atoms with Crippen molar-refractivity contribution < 1.29 is 31.0 Å². The first-order chi connectivity index (χ1) is 6.62. The van der Waals surface area contributed by atoms with E-state index in [4.69, 9.17) is 5.11 Å². The minimum absolute atomic E-state index is 0.319. The molecule has 0 aromatic heterocycles. The van der Waals surface area contributed by atoms with Gasteiger partial charge in [-0.15, -0.1) is 0 Å². The zero-order valence-corrected chi connectivity index (χ0v) is 8.58. The van der Waals surface area contributed by atoms with Crippen molar-refractivity contribution in [2.75, 3.05) is 0 Å². The van der Waals surface area contributed by atoms with E-state index in [0.29, 0.717) is 18.2 Å². The lowest BCUT2D eigenvalue weighted by Gasteiger charge is -2.12. The van der Waals surface area contributed by atoms with Crippen LogP contribution in [0.25, 0.3) is 0 Å². The molecule has 0 bridgehead atoms. The molecule has 1 aromatic rings. The minimum atomic E-state index is -5.02. The largest absolute Gasteiger partial charge is 0.744 e. The first-order valence-corrected chi connectivity index (χ1v) is 6.19. The van der Waals surface area contributed by atoms with Crippen LogP contribution in [0.5, 0.6) is 5.75 Å². The smallest absolute Gasteiger partial charge is 0.133 e. The monoisotopic (exact) mass is 252 g/mol. The predicted octanol–water partition coefficient (Wildman–Crippen LogP) is -0.800. The van der Waals surface area contributed by atoms with Gasteiger partial charge in [0.15, 0.2) is 0 Å². The molecule has 1 N–H and O–H groups in total. The zero-order valence-electron chi connectivity index (χ0n) is 6.95. The number of phenolic OH excluding ortho intramolecular Hbond substituents is 1. The molecule has 84 valence electrons. The van der Waals surface area contributed by atoms with Crippen LogP contribution in [0, 0.1) is 0 Å². The van der Waals surface area contributed by atoms with E-state index in [2.05, 4.69) is 0 Å². The van der Waals surface area contributed by atoms with Gasteiger partial charge in [-0.3, -0.25) is 0 Å². The fourth-order valence-electron chi connectivity index (χ4n) is 0.850. The summed E-state index contributed by atoms with van der Waals surface area (Å²) in [6.45, 7) is 0. The third kappa shape index (κ3) is 2.65. The molecule has 0 atom stereocenters. The second-order valence-corrected chi connectivity index (χ2v) is 5.27. The lowest BCUT2D eigenvalue weighted by molar-refractivity contribution is 0.434. The molecule has 0 aliphatic carbocycles. The molecule has 0 spiro atoms. The van der Waals surface area contributed by atoms with Gasteiger partial charge in [-0.2, -0.15) is 0 Å². The van der Waals surface area contributed by atoms with Gasteiger partial charge in [0.25, 0.3) is 0 Å². The van der Waals surface area contributed by atoms with Crippen LogP contribution in [-0.2, 0) is 20.2 Å². The molecule has 15 heavy (non-hydrogen) atoms. The van der Waals surface area contributed by atoms with Crippen molar-refractivity contribution in [3.05, 3.63) is 18.2 Å². The third-order valence-corrected chi connectivity index (χ3v) is 3.19. The van der Waals surface area contributed by atoms with Crippen molar-refractivity contribution in [1.82, 2.24) is 0 Å². The summed E-state index contributed by atoms with van der Waals surface area (Å²) < 4.78 is 63.0. The molecule has 0 radical (unpaired) electrons. The van der Waals surface area contributed by atoms with E-state index in [1.807, 2.05) is 0 Å². The number of phenols is 1. The lowest BCUT2D eigenvalue weighted by atomic mass is 10.3. The summed E-state index contributed by atoms with van der Waals surface area (Å²) in [5.74, 6) is -0.905. The molecule has 1 rings (SSSR count). The molecular weight excluding hydrogens is 248 g/mol. The molecule has 0 saturated carbocycles. The van der Waals surface area contributed by atoms with Gasteiger partial charge in [-0.25, -0.2) is 16.8 Å². The van der Waals surface area contributed by atoms with Gasteiger partial charge < -0.3 is 14.2 Å². The average Bonchev–Trinajstić information content (AvgIpc) is 2.00. The van der Waals surface area contributed by atoms with Crippen LogP contribution in [0.3, 0.4) is 0 Å². The van der Waals surface area contributed by atoms with Crippen molar-refractivity contribution in [2.24, 2.45) is 0 Å². The van der Waals surface area contributed by atoms with E-state index in [9.17, 15) is 25.9 Å². The summed E-state index contributed by atoms with van der Waals surface area (Å²) in [5.41, 5.74) is 0. The first-order valence-electron chi connectivity index (χ1n) is 3.37. The Hall–Kier alpha value is -1.16. The maximum atomic E-state index is 10.5. The van der Waals surface area contributed by atoms with E-state index >= 15 is 0 Å². The molecule has 7 nitrogen and oxygen atoms in total. The Morgan fingerprint density at radius 2 is 1.53 bits per heavy atom. The minimum Gasteiger partial charge on any atom is -0.744 e. The summed E-state index contributed by atoms with van der Waals surface area (Å²) in [6, 6.07) is 1.67. The fraction of sp³-hybridized carbons (Fsp3) is 0. The number of aromatic hydroxyl groups is 1. The van der Waals surface area contributed by atoms with Gasteiger partial charge in [-0.05, 0) is 18.2 Å². The highest BCUT2D eigenvalue weighted by atomic mass is 32.2. The second kappa shape index (κ2) is 3.45. The van der Waals surface area contributed by atoms with Crippen LogP contribution in [0.2, 0.25) is 0 Å². The second-order valence-electron chi connectivity index (χ2n) is 2.54. The van der Waals surface area contributed by atoms with Gasteiger partial charge in [0.2, 0.25) is 0 Å². The summed E-state index contributed by atoms with van der Waals surface area (Å²) in [5, 5.41) is 8.96. The van der Waals surface area contributed by atoms with Crippen LogP contribution >= 0.6 is 0 Å². The van der Waals surface area contributed by atoms with Crippen molar-refractivity contribution >= 4 is 20.2 Å². The third-order valence-electron chi connectivity index (χ3n) is 1.49. The molecule has 0 aliphatic rings. The standard InChI is InChI=1S/C6H6O7S2/c7-5-2-1-4(14(8,9)10)3-6(5)15(11,12)13/h1-3,7H,(H,8,9,10)(H,11,12,13)/p-2. The molecule has 0 amide bonds. The van der Waals surface area contributed by atoms with Gasteiger partial charge in [0.1, 0.15) is 26.0 Å². The van der Waals surface area contributed by atoms with Gasteiger partial charge in [0.05, 0.1) is 9.79 Å². The van der Waals surface area contributed by atoms with Crippen LogP contribution in [0.4, 0.5) is 0 Å². The summed E-state index contributed by atoms with van der Waals surface area (Å²) in [4.78, 5) is -2.03. The van der Waals surface area contributed by atoms with Crippen molar-refractivity contribution in [2.45, 2.75) is 9.79 Å². The van der Waals surface area contributed by atoms with Gasteiger partial charge in [-0.1, -0.05) is 0 Å². The van der Waals surface area contributed by atoms with E-state index in [1.54, 1.807) is 0 Å². The molecule has 1 aromatic carbocycles. The topological polar surface area (TPSA) is 135 Å². The average molecular weight is 252 g/mol. The first kappa shape index (κ1) is 11.9. The van der Waals surface area contributed by atoms with E-state index in [0.717, 1.165) is 0 Å². The maximum Gasteiger partial charge on any atom is 0.133 e. The predicted molar refractivity (Wildman–Crippen MR) is 44.0 cm³/mol. The Balaban J connectivity index is 3.57. The van der Waals surface area contributed by atoms with Crippen LogP contribution in [0.15, 0.2) is 28.0 Å². The Labute approximate surface area is 85.5 Å². The summed E-state index contributed by atoms with van der Waals surface area (Å²) >= 11 is 0. The van der Waals surface area contributed by atoms with Crippen LogP contribution < -0.4 is 0 Å². The highest BCUT2D eigenvalue weighted by Crippen LogP contribution is 2.25. The summed E-state index contributed by atoms with van der Waals surface area (Å²) in [7, 11) is -9.89. The molecule has 0 aliphatic heterocycles. The zero-order chi connectivity index (χ0) is 11.9. The van der Waals surface area contributed by atoms with E-state index in [1.165, 1.54) is 0 Å². The van der Waals surface area contributed by atoms with E-state index < -0.39 is 35.8 Å². The number of rotatable bonds is 2. The Morgan fingerprint density at radius 3 is 1.93 bits per heavy atom. The van der Waals surface area contributed by atoms with Crippen molar-refractivity contribution in [3.63, 3.8) is 0 Å². The van der Waals surface area contributed by atoms with Gasteiger partial charge >= 0.3 is 0 Å². The molecule has 0 unspecified atom stereocenters. The van der Waals surface area contributed by atoms with Gasteiger partial charge in [0, 0.05) is 0 Å².